The number of nitrogens with one attached hydrogen (secondary N) is 1. The van der Waals surface area contributed by atoms with Gasteiger partial charge >= 0.3 is 0 Å². The Morgan fingerprint density at radius 2 is 1.85 bits per heavy atom. The summed E-state index contributed by atoms with van der Waals surface area (Å²) in [4.78, 5) is 2.31. The molecule has 20 heavy (non-hydrogen) atoms. The van der Waals surface area contributed by atoms with Crippen LogP contribution in [0.25, 0.3) is 0 Å². The van der Waals surface area contributed by atoms with Gasteiger partial charge in [-0.05, 0) is 50.2 Å². The van der Waals surface area contributed by atoms with E-state index >= 15 is 0 Å². The highest BCUT2D eigenvalue weighted by Gasteiger charge is 2.08. The lowest BCUT2D eigenvalue weighted by Gasteiger charge is -2.14. The third-order valence-corrected chi connectivity index (χ3v) is 4.72. The Balaban J connectivity index is 2.15. The van der Waals surface area contributed by atoms with Gasteiger partial charge in [-0.1, -0.05) is 54.0 Å². The molecule has 2 rings (SSSR count). The number of halogens is 1. The third kappa shape index (κ3) is 4.02. The van der Waals surface area contributed by atoms with Crippen LogP contribution >= 0.6 is 23.4 Å². The minimum Gasteiger partial charge on any atom is -0.310 e. The molecule has 1 nitrogen and oxygen atoms in total. The molecule has 0 bridgehead atoms. The topological polar surface area (TPSA) is 12.0 Å². The summed E-state index contributed by atoms with van der Waals surface area (Å²) in [6, 6.07) is 15.2. The molecule has 0 aliphatic rings. The van der Waals surface area contributed by atoms with Crippen LogP contribution in [-0.2, 0) is 0 Å². The van der Waals surface area contributed by atoms with Gasteiger partial charge in [-0.25, -0.2) is 0 Å². The van der Waals surface area contributed by atoms with Crippen molar-refractivity contribution < 1.29 is 0 Å². The van der Waals surface area contributed by atoms with Crippen LogP contribution in [0.1, 0.15) is 31.0 Å². The van der Waals surface area contributed by atoms with Gasteiger partial charge in [0, 0.05) is 15.8 Å². The maximum Gasteiger partial charge on any atom is 0.0548 e. The van der Waals surface area contributed by atoms with Crippen molar-refractivity contribution in [3.63, 3.8) is 0 Å². The zero-order chi connectivity index (χ0) is 14.5. The number of benzene rings is 2. The number of rotatable bonds is 5. The normalized spacial score (nSPS) is 12.4. The van der Waals surface area contributed by atoms with E-state index in [1.807, 2.05) is 0 Å². The summed E-state index contributed by atoms with van der Waals surface area (Å²) in [6.07, 6.45) is 0. The minimum atomic E-state index is 0.330. The summed E-state index contributed by atoms with van der Waals surface area (Å²) in [5.74, 6) is 0. The Labute approximate surface area is 130 Å². The molecule has 2 aromatic rings. The van der Waals surface area contributed by atoms with Gasteiger partial charge in [0.1, 0.15) is 0 Å². The van der Waals surface area contributed by atoms with Crippen LogP contribution in [0.15, 0.2) is 52.3 Å². The average Bonchev–Trinajstić information content (AvgIpc) is 2.43. The molecule has 0 heterocycles. The fourth-order valence-corrected chi connectivity index (χ4v) is 3.15. The highest BCUT2D eigenvalue weighted by molar-refractivity contribution is 7.99. The van der Waals surface area contributed by atoms with E-state index in [2.05, 4.69) is 68.6 Å². The predicted octanol–water partition coefficient (Wildman–Crippen LogP) is 5.47. The van der Waals surface area contributed by atoms with Gasteiger partial charge in [-0.2, -0.15) is 0 Å². The summed E-state index contributed by atoms with van der Waals surface area (Å²) in [5.41, 5.74) is 2.50. The molecule has 1 N–H and O–H groups in total. The van der Waals surface area contributed by atoms with Crippen LogP contribution in [-0.4, -0.2) is 6.54 Å². The molecule has 0 aromatic heterocycles. The van der Waals surface area contributed by atoms with Crippen LogP contribution in [0.3, 0.4) is 0 Å². The van der Waals surface area contributed by atoms with Gasteiger partial charge < -0.3 is 5.32 Å². The van der Waals surface area contributed by atoms with Crippen molar-refractivity contribution in [1.82, 2.24) is 5.32 Å². The van der Waals surface area contributed by atoms with Gasteiger partial charge in [0.2, 0.25) is 0 Å². The van der Waals surface area contributed by atoms with E-state index in [1.165, 1.54) is 16.0 Å². The van der Waals surface area contributed by atoms with Crippen molar-refractivity contribution in [2.24, 2.45) is 0 Å². The second-order valence-electron chi connectivity index (χ2n) is 4.88. The molecular formula is C17H20ClNS. The Hall–Kier alpha value is -0.960. The molecule has 0 saturated carbocycles. The zero-order valence-electron chi connectivity index (χ0n) is 12.1. The summed E-state index contributed by atoms with van der Waals surface area (Å²) >= 11 is 8.11. The first kappa shape index (κ1) is 15.4. The number of aryl methyl sites for hydroxylation is 1. The quantitative estimate of drug-likeness (QED) is 0.786. The van der Waals surface area contributed by atoms with Gasteiger partial charge in [0.15, 0.2) is 0 Å². The first-order valence-corrected chi connectivity index (χ1v) is 8.07. The number of hydrogen-bond acceptors (Lipinski definition) is 2. The number of hydrogen-bond donors (Lipinski definition) is 1. The zero-order valence-corrected chi connectivity index (χ0v) is 13.7. The molecule has 2 aromatic carbocycles. The average molecular weight is 306 g/mol. The van der Waals surface area contributed by atoms with E-state index in [1.54, 1.807) is 11.8 Å². The van der Waals surface area contributed by atoms with E-state index in [0.29, 0.717) is 6.04 Å². The summed E-state index contributed by atoms with van der Waals surface area (Å²) in [6.45, 7) is 7.32. The SMILES string of the molecule is CCNC(C)c1ccc(Sc2ccc(C)cc2)c(Cl)c1. The van der Waals surface area contributed by atoms with Crippen LogP contribution in [0.4, 0.5) is 0 Å². The first-order valence-electron chi connectivity index (χ1n) is 6.87. The molecule has 1 unspecified atom stereocenters. The van der Waals surface area contributed by atoms with Crippen molar-refractivity contribution in [3.05, 3.63) is 58.6 Å². The monoisotopic (exact) mass is 305 g/mol. The first-order chi connectivity index (χ1) is 9.60. The maximum absolute atomic E-state index is 6.41. The van der Waals surface area contributed by atoms with Crippen molar-refractivity contribution in [3.8, 4) is 0 Å². The summed E-state index contributed by atoms with van der Waals surface area (Å²) < 4.78 is 0. The molecule has 3 heteroatoms. The van der Waals surface area contributed by atoms with Crippen LogP contribution in [0, 0.1) is 6.92 Å². The van der Waals surface area contributed by atoms with Crippen molar-refractivity contribution >= 4 is 23.4 Å². The smallest absolute Gasteiger partial charge is 0.0548 e. The summed E-state index contributed by atoms with van der Waals surface area (Å²) in [7, 11) is 0. The van der Waals surface area contributed by atoms with Crippen molar-refractivity contribution in [2.45, 2.75) is 36.6 Å². The molecule has 0 amide bonds. The lowest BCUT2D eigenvalue weighted by Crippen LogP contribution is -2.17. The van der Waals surface area contributed by atoms with Gasteiger partial charge in [0.05, 0.1) is 5.02 Å². The molecule has 0 spiro atoms. The molecule has 0 saturated heterocycles. The van der Waals surface area contributed by atoms with E-state index < -0.39 is 0 Å². The van der Waals surface area contributed by atoms with E-state index in [4.69, 9.17) is 11.6 Å². The highest BCUT2D eigenvalue weighted by Crippen LogP contribution is 2.34. The Kier molecular flexibility index (Phi) is 5.53. The Bertz CT molecular complexity index is 566. The maximum atomic E-state index is 6.41. The lowest BCUT2D eigenvalue weighted by molar-refractivity contribution is 0.598. The van der Waals surface area contributed by atoms with Crippen molar-refractivity contribution in [1.29, 1.82) is 0 Å². The molecule has 1 atom stereocenters. The summed E-state index contributed by atoms with van der Waals surface area (Å²) in [5, 5.41) is 4.22. The second kappa shape index (κ2) is 7.16. The lowest BCUT2D eigenvalue weighted by atomic mass is 10.1. The van der Waals surface area contributed by atoms with Gasteiger partial charge in [0.25, 0.3) is 0 Å². The van der Waals surface area contributed by atoms with Crippen LogP contribution < -0.4 is 5.32 Å². The standard InChI is InChI=1S/C17H20ClNS/c1-4-19-13(3)14-7-10-17(16(18)11-14)20-15-8-5-12(2)6-9-15/h5-11,13,19H,4H2,1-3H3. The molecule has 106 valence electrons. The second-order valence-corrected chi connectivity index (χ2v) is 6.41. The highest BCUT2D eigenvalue weighted by atomic mass is 35.5. The molecule has 0 radical (unpaired) electrons. The Morgan fingerprint density at radius 1 is 1.15 bits per heavy atom. The Morgan fingerprint density at radius 3 is 2.45 bits per heavy atom. The molecular weight excluding hydrogens is 286 g/mol. The minimum absolute atomic E-state index is 0.330. The molecule has 0 aliphatic carbocycles. The molecule has 0 aliphatic heterocycles. The van der Waals surface area contributed by atoms with E-state index in [0.717, 1.165) is 16.5 Å². The van der Waals surface area contributed by atoms with E-state index in [9.17, 15) is 0 Å². The third-order valence-electron chi connectivity index (χ3n) is 3.22. The van der Waals surface area contributed by atoms with Crippen LogP contribution in [0.5, 0.6) is 0 Å². The fraction of sp³-hybridized carbons (Fsp3) is 0.294. The molecule has 0 fully saturated rings. The van der Waals surface area contributed by atoms with Gasteiger partial charge in [-0.3, -0.25) is 0 Å². The fourth-order valence-electron chi connectivity index (χ4n) is 2.03. The van der Waals surface area contributed by atoms with Gasteiger partial charge in [-0.15, -0.1) is 0 Å². The largest absolute Gasteiger partial charge is 0.310 e. The predicted molar refractivity (Wildman–Crippen MR) is 88.8 cm³/mol. The van der Waals surface area contributed by atoms with Crippen molar-refractivity contribution in [2.75, 3.05) is 6.54 Å². The van der Waals surface area contributed by atoms with Crippen LogP contribution in [0.2, 0.25) is 5.02 Å². The van der Waals surface area contributed by atoms with E-state index in [-0.39, 0.29) is 0 Å².